The average molecular weight is 541 g/mol. The normalized spacial score (nSPS) is 12.9. The zero-order valence-electron chi connectivity index (χ0n) is 19.4. The largest absolute Gasteiger partial charge is 0.387 e. The van der Waals surface area contributed by atoms with Crippen molar-refractivity contribution in [2.45, 2.75) is 17.7 Å². The Labute approximate surface area is 213 Å². The minimum absolute atomic E-state index is 0.120. The molecule has 0 aliphatic heterocycles. The fraction of sp³-hybridized carbons (Fsp3) is 0.0833. The van der Waals surface area contributed by atoms with E-state index in [1.807, 2.05) is 0 Å². The smallest absolute Gasteiger partial charge is 0.283 e. The van der Waals surface area contributed by atoms with E-state index in [9.17, 15) is 36.9 Å². The van der Waals surface area contributed by atoms with E-state index in [0.29, 0.717) is 6.07 Å². The third-order valence-electron chi connectivity index (χ3n) is 5.32. The van der Waals surface area contributed by atoms with Crippen LogP contribution in [0, 0.1) is 21.7 Å². The number of carbonyl (C=O) groups excluding carboxylic acids is 2. The molecule has 4 aromatic rings. The second-order valence-corrected chi connectivity index (χ2v) is 9.74. The van der Waals surface area contributed by atoms with Gasteiger partial charge in [-0.15, -0.1) is 4.40 Å². The first kappa shape index (κ1) is 26.2. The van der Waals surface area contributed by atoms with Crippen LogP contribution in [0.3, 0.4) is 0 Å². The van der Waals surface area contributed by atoms with Crippen LogP contribution >= 0.6 is 0 Å². The Kier molecular flexibility index (Phi) is 6.83. The lowest BCUT2D eigenvalue weighted by atomic mass is 9.89. The number of sulfonamides is 1. The molecule has 14 heteroatoms. The van der Waals surface area contributed by atoms with Crippen LogP contribution in [0.1, 0.15) is 39.4 Å². The van der Waals surface area contributed by atoms with Crippen LogP contribution in [0.2, 0.25) is 0 Å². The monoisotopic (exact) mass is 541 g/mol. The summed E-state index contributed by atoms with van der Waals surface area (Å²) in [7, 11) is -4.28. The van der Waals surface area contributed by atoms with E-state index in [2.05, 4.69) is 14.4 Å². The van der Waals surface area contributed by atoms with Crippen LogP contribution in [0.15, 0.2) is 70.0 Å². The Bertz CT molecular complexity index is 1740. The number of amidine groups is 1. The number of nitrogens with two attached hydrogens (primary N) is 1. The lowest BCUT2D eigenvalue weighted by Crippen LogP contribution is -2.24. The van der Waals surface area contributed by atoms with Gasteiger partial charge in [0.2, 0.25) is 0 Å². The zero-order chi connectivity index (χ0) is 27.8. The summed E-state index contributed by atoms with van der Waals surface area (Å²) in [6.45, 7) is 1.26. The average Bonchev–Trinajstić information content (AvgIpc) is 3.25. The molecular formula is C24H17F2N5O6S. The predicted molar refractivity (Wildman–Crippen MR) is 131 cm³/mol. The van der Waals surface area contributed by atoms with Crippen molar-refractivity contribution in [2.24, 2.45) is 10.1 Å². The Morgan fingerprint density at radius 2 is 1.68 bits per heavy atom. The molecule has 0 saturated heterocycles. The van der Waals surface area contributed by atoms with Gasteiger partial charge in [-0.05, 0) is 37.3 Å². The fourth-order valence-electron chi connectivity index (χ4n) is 3.72. The summed E-state index contributed by atoms with van der Waals surface area (Å²) in [5.41, 5.74) is 4.64. The van der Waals surface area contributed by atoms with Crippen LogP contribution in [0.5, 0.6) is 0 Å². The van der Waals surface area contributed by atoms with Gasteiger partial charge in [-0.1, -0.05) is 12.1 Å². The second kappa shape index (κ2) is 9.89. The van der Waals surface area contributed by atoms with E-state index in [4.69, 9.17) is 5.73 Å². The van der Waals surface area contributed by atoms with Gasteiger partial charge in [0.1, 0.15) is 29.2 Å². The highest BCUT2D eigenvalue weighted by atomic mass is 32.2. The lowest BCUT2D eigenvalue weighted by Gasteiger charge is -2.14. The first-order valence-electron chi connectivity index (χ1n) is 10.7. The standard InChI is InChI=1S/C24H17F2N5O6S/c1-12(27)30-38(36,37)18-4-2-3-13(9-18)22(32)21(23(33)14-7-15(25)10-16(26)8-14)24-28-19-6-5-17(31(34)35)11-20(19)29-24/h2-11,21H,1H3,(H2,27,30)(H,28,29). The van der Waals surface area contributed by atoms with E-state index in [0.717, 1.165) is 30.3 Å². The molecule has 0 amide bonds. The molecule has 0 aliphatic carbocycles. The SMILES string of the molecule is CC(N)=NS(=O)(=O)c1cccc(C(=O)C(C(=O)c2cc(F)cc(F)c2)c2nc3ccc([N+](=O)[O-])cc3[nH]2)c1. The van der Waals surface area contributed by atoms with Crippen LogP contribution in [0.25, 0.3) is 11.0 Å². The molecular weight excluding hydrogens is 524 g/mol. The number of benzene rings is 3. The first-order chi connectivity index (χ1) is 17.9. The molecule has 3 aromatic carbocycles. The summed E-state index contributed by atoms with van der Waals surface area (Å²) < 4.78 is 56.1. The topological polar surface area (TPSA) is 178 Å². The number of nitrogens with zero attached hydrogens (tertiary/aromatic N) is 3. The molecule has 0 saturated carbocycles. The summed E-state index contributed by atoms with van der Waals surface area (Å²) >= 11 is 0. The molecule has 11 nitrogen and oxygen atoms in total. The van der Waals surface area contributed by atoms with Crippen LogP contribution in [-0.4, -0.2) is 40.7 Å². The minimum atomic E-state index is -4.28. The number of rotatable bonds is 8. The van der Waals surface area contributed by atoms with Crippen molar-refractivity contribution < 1.29 is 31.7 Å². The molecule has 0 bridgehead atoms. The van der Waals surface area contributed by atoms with Gasteiger partial charge in [0.25, 0.3) is 15.7 Å². The summed E-state index contributed by atoms with van der Waals surface area (Å²) in [6.07, 6.45) is 0. The molecule has 1 aromatic heterocycles. The number of imidazole rings is 1. The quantitative estimate of drug-likeness (QED) is 0.0847. The third kappa shape index (κ3) is 5.29. The van der Waals surface area contributed by atoms with Crippen molar-refractivity contribution in [3.63, 3.8) is 0 Å². The third-order valence-corrected chi connectivity index (χ3v) is 6.70. The molecule has 38 heavy (non-hydrogen) atoms. The molecule has 1 unspecified atom stereocenters. The molecule has 0 fully saturated rings. The maximum atomic E-state index is 13.9. The van der Waals surface area contributed by atoms with Crippen molar-refractivity contribution in [2.75, 3.05) is 0 Å². The number of hydrogen-bond acceptors (Lipinski definition) is 7. The Balaban J connectivity index is 1.88. The van der Waals surface area contributed by atoms with Gasteiger partial charge < -0.3 is 10.7 Å². The molecule has 1 heterocycles. The van der Waals surface area contributed by atoms with Gasteiger partial charge in [0.05, 0.1) is 20.9 Å². The number of hydrogen-bond donors (Lipinski definition) is 2. The molecule has 0 spiro atoms. The van der Waals surface area contributed by atoms with Crippen LogP contribution in [-0.2, 0) is 10.0 Å². The highest BCUT2D eigenvalue weighted by Crippen LogP contribution is 2.29. The van der Waals surface area contributed by atoms with Gasteiger partial charge >= 0.3 is 0 Å². The van der Waals surface area contributed by atoms with E-state index in [-0.39, 0.29) is 33.9 Å². The molecule has 3 N–H and O–H groups in total. The summed E-state index contributed by atoms with van der Waals surface area (Å²) in [5.74, 6) is -6.49. The predicted octanol–water partition coefficient (Wildman–Crippen LogP) is 3.66. The van der Waals surface area contributed by atoms with E-state index < -0.39 is 54.5 Å². The maximum absolute atomic E-state index is 13.9. The van der Waals surface area contributed by atoms with Gasteiger partial charge in [0.15, 0.2) is 11.6 Å². The molecule has 0 radical (unpaired) electrons. The van der Waals surface area contributed by atoms with Crippen molar-refractivity contribution in [3.05, 3.63) is 99.4 Å². The number of aromatic amines is 1. The summed E-state index contributed by atoms with van der Waals surface area (Å²) in [4.78, 5) is 44.1. The molecule has 1 atom stereocenters. The molecule has 194 valence electrons. The van der Waals surface area contributed by atoms with Gasteiger partial charge in [-0.3, -0.25) is 19.7 Å². The van der Waals surface area contributed by atoms with Crippen molar-refractivity contribution in [1.82, 2.24) is 9.97 Å². The second-order valence-electron chi connectivity index (χ2n) is 8.14. The number of nitrogens with one attached hydrogen (secondary N) is 1. The van der Waals surface area contributed by atoms with Crippen molar-refractivity contribution in [3.8, 4) is 0 Å². The summed E-state index contributed by atoms with van der Waals surface area (Å²) in [6, 6.07) is 10.2. The molecule has 0 aliphatic rings. The number of nitro benzene ring substituents is 1. The van der Waals surface area contributed by atoms with Crippen LogP contribution < -0.4 is 5.73 Å². The number of carbonyl (C=O) groups is 2. The highest BCUT2D eigenvalue weighted by molar-refractivity contribution is 7.90. The highest BCUT2D eigenvalue weighted by Gasteiger charge is 2.34. The zero-order valence-corrected chi connectivity index (χ0v) is 20.2. The summed E-state index contributed by atoms with van der Waals surface area (Å²) in [5, 5.41) is 11.1. The van der Waals surface area contributed by atoms with Gasteiger partial charge in [-0.2, -0.15) is 8.42 Å². The molecule has 4 rings (SSSR count). The van der Waals surface area contributed by atoms with Crippen molar-refractivity contribution >= 4 is 44.1 Å². The number of aromatic nitrogens is 2. The number of Topliss-reactive ketones (excluding diaryl/α,β-unsaturated/α-hetero) is 2. The number of halogens is 2. The van der Waals surface area contributed by atoms with E-state index in [1.54, 1.807) is 0 Å². The number of non-ortho nitro benzene ring substituents is 1. The van der Waals surface area contributed by atoms with Gasteiger partial charge in [-0.25, -0.2) is 13.8 Å². The van der Waals surface area contributed by atoms with Crippen molar-refractivity contribution in [1.29, 1.82) is 0 Å². The first-order valence-corrected chi connectivity index (χ1v) is 12.2. The Hall–Kier alpha value is -4.85. The van der Waals surface area contributed by atoms with Gasteiger partial charge in [0, 0.05) is 29.3 Å². The Morgan fingerprint density at radius 1 is 1.03 bits per heavy atom. The van der Waals surface area contributed by atoms with E-state index in [1.165, 1.54) is 31.2 Å². The number of nitro groups is 1. The number of fused-ring (bicyclic) bond motifs is 1. The number of ketones is 2. The van der Waals surface area contributed by atoms with E-state index >= 15 is 0 Å². The minimum Gasteiger partial charge on any atom is -0.387 e. The fourth-order valence-corrected chi connectivity index (χ4v) is 4.73. The maximum Gasteiger partial charge on any atom is 0.283 e. The van der Waals surface area contributed by atoms with Crippen LogP contribution in [0.4, 0.5) is 14.5 Å². The number of H-pyrrole nitrogens is 1. The lowest BCUT2D eigenvalue weighted by molar-refractivity contribution is -0.384. The Morgan fingerprint density at radius 3 is 2.32 bits per heavy atom.